The van der Waals surface area contributed by atoms with Crippen molar-refractivity contribution in [3.05, 3.63) is 71.8 Å². The molecule has 2 N–H and O–H groups in total. The summed E-state index contributed by atoms with van der Waals surface area (Å²) in [7, 11) is 0. The van der Waals surface area contributed by atoms with Crippen LogP contribution in [0.15, 0.2) is 60.7 Å². The normalized spacial score (nSPS) is 26.6. The van der Waals surface area contributed by atoms with E-state index in [-0.39, 0.29) is 6.61 Å². The highest BCUT2D eigenvalue weighted by Gasteiger charge is 2.43. The molecule has 0 amide bonds. The van der Waals surface area contributed by atoms with Crippen molar-refractivity contribution in [1.82, 2.24) is 0 Å². The lowest BCUT2D eigenvalue weighted by Gasteiger charge is -2.20. The number of hydrogen-bond donors (Lipinski definition) is 2. The highest BCUT2D eigenvalue weighted by Crippen LogP contribution is 2.24. The molecule has 128 valence electrons. The van der Waals surface area contributed by atoms with Gasteiger partial charge in [0.2, 0.25) is 0 Å². The van der Waals surface area contributed by atoms with Gasteiger partial charge in [0, 0.05) is 0 Å². The zero-order chi connectivity index (χ0) is 16.8. The summed E-state index contributed by atoms with van der Waals surface area (Å²) in [6.07, 6.45) is -3.48. The van der Waals surface area contributed by atoms with Gasteiger partial charge in [0.15, 0.2) is 6.29 Å². The molecule has 3 rings (SSSR count). The van der Waals surface area contributed by atoms with Gasteiger partial charge in [-0.3, -0.25) is 0 Å². The van der Waals surface area contributed by atoms with E-state index in [9.17, 15) is 10.2 Å². The summed E-state index contributed by atoms with van der Waals surface area (Å²) in [5, 5.41) is 19.8. The molecule has 0 unspecified atom stereocenters. The molecule has 0 saturated carbocycles. The highest BCUT2D eigenvalue weighted by molar-refractivity contribution is 5.14. The Morgan fingerprint density at radius 1 is 0.833 bits per heavy atom. The molecule has 1 heterocycles. The molecule has 1 saturated heterocycles. The van der Waals surface area contributed by atoms with Crippen molar-refractivity contribution in [2.45, 2.75) is 37.8 Å². The maximum Gasteiger partial charge on any atom is 0.184 e. The first-order valence-electron chi connectivity index (χ1n) is 8.03. The monoisotopic (exact) mass is 330 g/mol. The molecule has 1 fully saturated rings. The van der Waals surface area contributed by atoms with Crippen LogP contribution in [0.1, 0.15) is 11.1 Å². The Morgan fingerprint density at radius 3 is 2.04 bits per heavy atom. The predicted octanol–water partition coefficient (Wildman–Crippen LogP) is 1.87. The maximum atomic E-state index is 10.1. The summed E-state index contributed by atoms with van der Waals surface area (Å²) in [6, 6.07) is 19.5. The summed E-state index contributed by atoms with van der Waals surface area (Å²) >= 11 is 0. The minimum absolute atomic E-state index is 0.239. The van der Waals surface area contributed by atoms with Crippen LogP contribution in [0.25, 0.3) is 0 Å². The number of aliphatic hydroxyl groups excluding tert-OH is 2. The molecule has 5 nitrogen and oxygen atoms in total. The lowest BCUT2D eigenvalue weighted by Crippen LogP contribution is -2.37. The molecule has 2 aromatic carbocycles. The van der Waals surface area contributed by atoms with E-state index in [0.717, 1.165) is 11.1 Å². The summed E-state index contributed by atoms with van der Waals surface area (Å²) in [5.74, 6) is 0. The molecule has 0 aliphatic carbocycles. The molecule has 0 spiro atoms. The van der Waals surface area contributed by atoms with Crippen LogP contribution < -0.4 is 0 Å². The molecule has 5 heteroatoms. The van der Waals surface area contributed by atoms with E-state index in [1.54, 1.807) is 0 Å². The first-order valence-corrected chi connectivity index (χ1v) is 8.03. The van der Waals surface area contributed by atoms with Crippen molar-refractivity contribution >= 4 is 0 Å². The lowest BCUT2D eigenvalue weighted by molar-refractivity contribution is -0.137. The van der Waals surface area contributed by atoms with Crippen LogP contribution in [-0.4, -0.2) is 41.4 Å². The fraction of sp³-hybridized carbons (Fsp3) is 0.368. The maximum absolute atomic E-state index is 10.1. The van der Waals surface area contributed by atoms with Gasteiger partial charge in [-0.2, -0.15) is 0 Å². The minimum Gasteiger partial charge on any atom is -0.385 e. The molecule has 0 bridgehead atoms. The average molecular weight is 330 g/mol. The van der Waals surface area contributed by atoms with E-state index in [1.807, 2.05) is 60.7 Å². The van der Waals surface area contributed by atoms with E-state index in [1.165, 1.54) is 0 Å². The van der Waals surface area contributed by atoms with Crippen molar-refractivity contribution in [2.75, 3.05) is 6.61 Å². The molecule has 0 radical (unpaired) electrons. The summed E-state index contributed by atoms with van der Waals surface area (Å²) in [6.45, 7) is 1.02. The van der Waals surface area contributed by atoms with Crippen molar-refractivity contribution in [2.24, 2.45) is 0 Å². The largest absolute Gasteiger partial charge is 0.385 e. The third kappa shape index (κ3) is 4.41. The first kappa shape index (κ1) is 17.1. The van der Waals surface area contributed by atoms with Gasteiger partial charge in [0.05, 0.1) is 19.8 Å². The van der Waals surface area contributed by atoms with E-state index in [0.29, 0.717) is 13.2 Å². The van der Waals surface area contributed by atoms with Gasteiger partial charge in [0.25, 0.3) is 0 Å². The lowest BCUT2D eigenvalue weighted by atomic mass is 10.1. The average Bonchev–Trinajstić information content (AvgIpc) is 2.89. The van der Waals surface area contributed by atoms with Crippen LogP contribution in [0, 0.1) is 0 Å². The second-order valence-corrected chi connectivity index (χ2v) is 5.82. The van der Waals surface area contributed by atoms with E-state index < -0.39 is 24.6 Å². The van der Waals surface area contributed by atoms with Crippen LogP contribution in [0.3, 0.4) is 0 Å². The van der Waals surface area contributed by atoms with Crippen LogP contribution in [0.5, 0.6) is 0 Å². The predicted molar refractivity (Wildman–Crippen MR) is 88.0 cm³/mol. The van der Waals surface area contributed by atoms with E-state index >= 15 is 0 Å². The summed E-state index contributed by atoms with van der Waals surface area (Å²) in [5.41, 5.74) is 2.05. The third-order valence-electron chi connectivity index (χ3n) is 3.99. The topological polar surface area (TPSA) is 68.2 Å². The standard InChI is InChI=1S/C19H22O5/c20-17-18(23-12-15-9-5-2-6-10-15)16(24-19(17)21)13-22-11-14-7-3-1-4-8-14/h1-10,16-21H,11-13H2/t16-,17+,18-,19+/m1/s1. The molecule has 1 aliphatic rings. The van der Waals surface area contributed by atoms with E-state index in [2.05, 4.69) is 0 Å². The number of benzene rings is 2. The molecule has 4 atom stereocenters. The third-order valence-corrected chi connectivity index (χ3v) is 3.99. The molecule has 2 aromatic rings. The van der Waals surface area contributed by atoms with Gasteiger partial charge in [0.1, 0.15) is 18.3 Å². The number of ether oxygens (including phenoxy) is 3. The molecular formula is C19H22O5. The summed E-state index contributed by atoms with van der Waals surface area (Å²) in [4.78, 5) is 0. The van der Waals surface area contributed by atoms with Gasteiger partial charge in [-0.15, -0.1) is 0 Å². The van der Waals surface area contributed by atoms with Gasteiger partial charge < -0.3 is 24.4 Å². The van der Waals surface area contributed by atoms with Crippen molar-refractivity contribution in [3.63, 3.8) is 0 Å². The van der Waals surface area contributed by atoms with Gasteiger partial charge >= 0.3 is 0 Å². The van der Waals surface area contributed by atoms with Gasteiger partial charge in [-0.25, -0.2) is 0 Å². The smallest absolute Gasteiger partial charge is 0.184 e. The Kier molecular flexibility index (Phi) is 5.96. The molecular weight excluding hydrogens is 308 g/mol. The molecule has 0 aromatic heterocycles. The Labute approximate surface area is 141 Å². The fourth-order valence-electron chi connectivity index (χ4n) is 2.69. The Balaban J connectivity index is 1.52. The highest BCUT2D eigenvalue weighted by atomic mass is 16.7. The zero-order valence-corrected chi connectivity index (χ0v) is 13.3. The van der Waals surface area contributed by atoms with Crippen molar-refractivity contribution < 1.29 is 24.4 Å². The van der Waals surface area contributed by atoms with Crippen LogP contribution in [-0.2, 0) is 27.4 Å². The van der Waals surface area contributed by atoms with Crippen LogP contribution in [0.2, 0.25) is 0 Å². The SMILES string of the molecule is O[C@H]1[C@H](OCc2ccccc2)[C@@H](COCc2ccccc2)O[C@@H]1O. The van der Waals surface area contributed by atoms with Gasteiger partial charge in [-0.05, 0) is 11.1 Å². The van der Waals surface area contributed by atoms with Crippen LogP contribution >= 0.6 is 0 Å². The fourth-order valence-corrected chi connectivity index (χ4v) is 2.69. The quantitative estimate of drug-likeness (QED) is 0.811. The Hall–Kier alpha value is -1.76. The number of rotatable bonds is 7. The Bertz CT molecular complexity index is 604. The van der Waals surface area contributed by atoms with Gasteiger partial charge in [-0.1, -0.05) is 60.7 Å². The number of aliphatic hydroxyl groups is 2. The van der Waals surface area contributed by atoms with Crippen molar-refractivity contribution in [3.8, 4) is 0 Å². The second kappa shape index (κ2) is 8.37. The summed E-state index contributed by atoms with van der Waals surface area (Å²) < 4.78 is 16.8. The molecule has 24 heavy (non-hydrogen) atoms. The van der Waals surface area contributed by atoms with E-state index in [4.69, 9.17) is 14.2 Å². The van der Waals surface area contributed by atoms with Crippen molar-refractivity contribution in [1.29, 1.82) is 0 Å². The molecule has 1 aliphatic heterocycles. The van der Waals surface area contributed by atoms with Crippen LogP contribution in [0.4, 0.5) is 0 Å². The zero-order valence-electron chi connectivity index (χ0n) is 13.3. The Morgan fingerprint density at radius 2 is 1.42 bits per heavy atom. The minimum atomic E-state index is -1.25. The second-order valence-electron chi connectivity index (χ2n) is 5.82. The number of hydrogen-bond acceptors (Lipinski definition) is 5. The first-order chi connectivity index (χ1) is 11.7.